The fourth-order valence-electron chi connectivity index (χ4n) is 3.45. The molecule has 6 nitrogen and oxygen atoms in total. The number of aliphatic hydroxyl groups is 1. The van der Waals surface area contributed by atoms with E-state index in [0.717, 1.165) is 6.07 Å². The summed E-state index contributed by atoms with van der Waals surface area (Å²) in [6.07, 6.45) is 5.70. The van der Waals surface area contributed by atoms with Gasteiger partial charge in [0.1, 0.15) is 35.7 Å². The zero-order valence-corrected chi connectivity index (χ0v) is 16.0. The van der Waals surface area contributed by atoms with Crippen molar-refractivity contribution in [3.63, 3.8) is 0 Å². The molecule has 2 aromatic carbocycles. The van der Waals surface area contributed by atoms with Gasteiger partial charge < -0.3 is 5.11 Å². The molecule has 2 aromatic heterocycles. The van der Waals surface area contributed by atoms with Crippen molar-refractivity contribution in [2.45, 2.75) is 25.1 Å². The average molecular weight is 413 g/mol. The van der Waals surface area contributed by atoms with Crippen molar-refractivity contribution in [1.82, 2.24) is 24.5 Å². The lowest BCUT2D eigenvalue weighted by molar-refractivity contribution is -0.0368. The Balaban J connectivity index is 1.76. The molecule has 154 valence electrons. The Morgan fingerprint density at radius 3 is 2.57 bits per heavy atom. The van der Waals surface area contributed by atoms with Gasteiger partial charge in [0.05, 0.1) is 18.8 Å². The van der Waals surface area contributed by atoms with Crippen molar-refractivity contribution in [2.75, 3.05) is 0 Å². The van der Waals surface area contributed by atoms with Gasteiger partial charge in [0.2, 0.25) is 0 Å². The van der Waals surface area contributed by atoms with E-state index < -0.39 is 29.1 Å². The van der Waals surface area contributed by atoms with E-state index in [4.69, 9.17) is 0 Å². The number of nitrogens with zero attached hydrogens (tertiary/aromatic N) is 5. The maximum Gasteiger partial charge on any atom is 0.137 e. The maximum atomic E-state index is 14.6. The van der Waals surface area contributed by atoms with Gasteiger partial charge in [-0.25, -0.2) is 22.8 Å². The van der Waals surface area contributed by atoms with Gasteiger partial charge in [-0.15, -0.1) is 0 Å². The maximum absolute atomic E-state index is 14.6. The lowest BCUT2D eigenvalue weighted by Gasteiger charge is -2.34. The van der Waals surface area contributed by atoms with Gasteiger partial charge in [-0.1, -0.05) is 24.3 Å². The second-order valence-electron chi connectivity index (χ2n) is 7.01. The van der Waals surface area contributed by atoms with Crippen LogP contribution in [0.5, 0.6) is 0 Å². The lowest BCUT2D eigenvalue weighted by atomic mass is 9.86. The second-order valence-corrected chi connectivity index (χ2v) is 7.01. The minimum atomic E-state index is -1.86. The number of hydrogen-bond donors (Lipinski definition) is 1. The van der Waals surface area contributed by atoms with Crippen LogP contribution >= 0.6 is 0 Å². The molecule has 0 fully saturated rings. The summed E-state index contributed by atoms with van der Waals surface area (Å²) < 4.78 is 45.0. The summed E-state index contributed by atoms with van der Waals surface area (Å²) in [6.45, 7) is 1.48. The molecular formula is C21H18F3N5O. The fourth-order valence-corrected chi connectivity index (χ4v) is 3.45. The van der Waals surface area contributed by atoms with Crippen LogP contribution in [0.4, 0.5) is 13.2 Å². The minimum Gasteiger partial charge on any atom is -0.381 e. The monoisotopic (exact) mass is 413 g/mol. The van der Waals surface area contributed by atoms with E-state index in [1.807, 2.05) is 0 Å². The molecule has 0 amide bonds. The van der Waals surface area contributed by atoms with Crippen molar-refractivity contribution in [1.29, 1.82) is 0 Å². The minimum absolute atomic E-state index is 0.116. The highest BCUT2D eigenvalue weighted by Gasteiger charge is 2.40. The zero-order valence-electron chi connectivity index (χ0n) is 16.0. The molecule has 0 bridgehead atoms. The standard InChI is InChI=1S/C21H18F3N5O/c1-14(29-10-15(9-26-29)17-4-2-3-5-19(17)23)21(30,11-28-13-25-12-27-28)18-7-6-16(22)8-20(18)24/h2-10,12-14,30H,11H2,1H3/t14-,21-/m1/s1. The van der Waals surface area contributed by atoms with E-state index in [0.29, 0.717) is 17.2 Å². The number of benzene rings is 2. The molecule has 0 unspecified atom stereocenters. The first kappa shape index (κ1) is 19.8. The van der Waals surface area contributed by atoms with Gasteiger partial charge in [-0.3, -0.25) is 4.68 Å². The third-order valence-electron chi connectivity index (χ3n) is 5.14. The molecule has 30 heavy (non-hydrogen) atoms. The van der Waals surface area contributed by atoms with Crippen molar-refractivity contribution in [3.8, 4) is 11.1 Å². The summed E-state index contributed by atoms with van der Waals surface area (Å²) in [4.78, 5) is 3.85. The lowest BCUT2D eigenvalue weighted by Crippen LogP contribution is -2.40. The van der Waals surface area contributed by atoms with Crippen LogP contribution in [-0.4, -0.2) is 29.7 Å². The van der Waals surface area contributed by atoms with Crippen LogP contribution in [0, 0.1) is 17.5 Å². The van der Waals surface area contributed by atoms with Crippen LogP contribution in [-0.2, 0) is 12.1 Å². The number of rotatable bonds is 6. The summed E-state index contributed by atoms with van der Waals surface area (Å²) >= 11 is 0. The second kappa shape index (κ2) is 7.75. The van der Waals surface area contributed by atoms with E-state index in [-0.39, 0.29) is 12.1 Å². The van der Waals surface area contributed by atoms with Gasteiger partial charge in [0.15, 0.2) is 0 Å². The molecule has 0 aliphatic carbocycles. The average Bonchev–Trinajstić information content (AvgIpc) is 3.39. The Hall–Kier alpha value is -3.46. The third kappa shape index (κ3) is 3.59. The molecule has 0 saturated heterocycles. The van der Waals surface area contributed by atoms with Crippen LogP contribution in [0.2, 0.25) is 0 Å². The molecular weight excluding hydrogens is 395 g/mol. The van der Waals surface area contributed by atoms with Gasteiger partial charge in [0, 0.05) is 29.0 Å². The van der Waals surface area contributed by atoms with Crippen molar-refractivity contribution < 1.29 is 18.3 Å². The van der Waals surface area contributed by atoms with Crippen LogP contribution in [0.15, 0.2) is 67.5 Å². The van der Waals surface area contributed by atoms with Crippen molar-refractivity contribution in [2.24, 2.45) is 0 Å². The van der Waals surface area contributed by atoms with Crippen LogP contribution < -0.4 is 0 Å². The molecule has 0 aliphatic heterocycles. The van der Waals surface area contributed by atoms with E-state index in [1.54, 1.807) is 31.3 Å². The highest BCUT2D eigenvalue weighted by atomic mass is 19.1. The molecule has 0 spiro atoms. The third-order valence-corrected chi connectivity index (χ3v) is 5.14. The van der Waals surface area contributed by atoms with Gasteiger partial charge in [-0.2, -0.15) is 10.2 Å². The Labute approximate surface area is 170 Å². The number of aromatic nitrogens is 5. The Bertz CT molecular complexity index is 1160. The number of hydrogen-bond acceptors (Lipinski definition) is 4. The molecule has 0 aliphatic rings. The molecule has 4 aromatic rings. The molecule has 2 heterocycles. The van der Waals surface area contributed by atoms with E-state index >= 15 is 0 Å². The Morgan fingerprint density at radius 1 is 1.07 bits per heavy atom. The van der Waals surface area contributed by atoms with Crippen molar-refractivity contribution >= 4 is 0 Å². The van der Waals surface area contributed by atoms with E-state index in [9.17, 15) is 18.3 Å². The van der Waals surface area contributed by atoms with Gasteiger partial charge in [0.25, 0.3) is 0 Å². The van der Waals surface area contributed by atoms with Crippen LogP contribution in [0.1, 0.15) is 18.5 Å². The van der Waals surface area contributed by atoms with Crippen LogP contribution in [0.25, 0.3) is 11.1 Å². The first-order chi connectivity index (χ1) is 14.4. The summed E-state index contributed by atoms with van der Waals surface area (Å²) in [6, 6.07) is 8.40. The van der Waals surface area contributed by atoms with E-state index in [1.165, 1.54) is 40.3 Å². The topological polar surface area (TPSA) is 68.8 Å². The Kier molecular flexibility index (Phi) is 5.13. The summed E-state index contributed by atoms with van der Waals surface area (Å²) in [7, 11) is 0. The molecule has 1 N–H and O–H groups in total. The summed E-state index contributed by atoms with van der Waals surface area (Å²) in [5, 5.41) is 19.8. The van der Waals surface area contributed by atoms with Gasteiger partial charge in [-0.05, 0) is 19.1 Å². The SMILES string of the molecule is C[C@@H](n1cc(-c2ccccc2F)cn1)[C@](O)(Cn1cncn1)c1ccc(F)cc1F. The van der Waals surface area contributed by atoms with Crippen molar-refractivity contribution in [3.05, 3.63) is 90.5 Å². The predicted octanol–water partition coefficient (Wildman–Crippen LogP) is 3.71. The smallest absolute Gasteiger partial charge is 0.137 e. The quantitative estimate of drug-likeness (QED) is 0.523. The summed E-state index contributed by atoms with van der Waals surface area (Å²) in [5.41, 5.74) is -1.12. The highest BCUT2D eigenvalue weighted by molar-refractivity contribution is 5.62. The fraction of sp³-hybridized carbons (Fsp3) is 0.190. The normalized spacial score (nSPS) is 14.4. The Morgan fingerprint density at radius 2 is 1.87 bits per heavy atom. The molecule has 0 radical (unpaired) electrons. The zero-order chi connectivity index (χ0) is 21.3. The predicted molar refractivity (Wildman–Crippen MR) is 103 cm³/mol. The van der Waals surface area contributed by atoms with E-state index in [2.05, 4.69) is 15.2 Å². The molecule has 9 heteroatoms. The largest absolute Gasteiger partial charge is 0.381 e. The molecule has 4 rings (SSSR count). The number of halogens is 3. The van der Waals surface area contributed by atoms with Crippen LogP contribution in [0.3, 0.4) is 0 Å². The summed E-state index contributed by atoms with van der Waals surface area (Å²) in [5.74, 6) is -2.06. The first-order valence-electron chi connectivity index (χ1n) is 9.18. The first-order valence-corrected chi connectivity index (χ1v) is 9.18. The molecule has 0 saturated carbocycles. The van der Waals surface area contributed by atoms with Gasteiger partial charge >= 0.3 is 0 Å². The molecule has 2 atom stereocenters. The highest BCUT2D eigenvalue weighted by Crippen LogP contribution is 2.37.